The fraction of sp³-hybridized carbons (Fsp3) is 0.943. The SMILES string of the molecule is CC1OC(OC2C(CO)OC(OCC3OC(OC(=O)C45CCC(C)(C)C[C@@H]4C4=CC[C@H]6C(C)(CC[C@@H]7C(C)(C)C(OC8OCC(O)C(O)C8O)CC[C@@]76C)C4(C)CC5)C(O)C(O)C3O)C(O)C2O)C(O)C(O)C1O. The number of ether oxygens (including phenoxy) is 8. The Morgan fingerprint density at radius 1 is 0.635 bits per heavy atom. The zero-order valence-corrected chi connectivity index (χ0v) is 44.1. The normalized spacial score (nSPS) is 54.1. The summed E-state index contributed by atoms with van der Waals surface area (Å²) >= 11 is 0. The van der Waals surface area contributed by atoms with Crippen molar-refractivity contribution in [2.24, 2.45) is 50.2 Å². The quantitative estimate of drug-likeness (QED) is 0.0755. The summed E-state index contributed by atoms with van der Waals surface area (Å²) in [6.45, 7) is 16.1. The van der Waals surface area contributed by atoms with Gasteiger partial charge in [-0.1, -0.05) is 60.1 Å². The Kier molecular flexibility index (Phi) is 15.8. The first-order chi connectivity index (χ1) is 34.6. The van der Waals surface area contributed by atoms with Crippen LogP contribution in [0.4, 0.5) is 0 Å². The smallest absolute Gasteiger partial charge is 0.315 e. The molecule has 0 aromatic heterocycles. The molecule has 0 amide bonds. The first-order valence-electron chi connectivity index (χ1n) is 27.1. The summed E-state index contributed by atoms with van der Waals surface area (Å²) in [6, 6.07) is 0. The largest absolute Gasteiger partial charge is 0.432 e. The summed E-state index contributed by atoms with van der Waals surface area (Å²) in [5, 5.41) is 128. The van der Waals surface area contributed by atoms with E-state index in [0.29, 0.717) is 25.2 Å². The fourth-order valence-electron chi connectivity index (χ4n) is 16.1. The number of aliphatic hydroxyl groups excluding tert-OH is 12. The van der Waals surface area contributed by atoms with Crippen LogP contribution >= 0.6 is 0 Å². The Balaban J connectivity index is 0.891. The number of hydrogen-bond donors (Lipinski definition) is 12. The summed E-state index contributed by atoms with van der Waals surface area (Å²) in [5.41, 5.74) is -0.647. The highest BCUT2D eigenvalue weighted by Crippen LogP contribution is 2.76. The van der Waals surface area contributed by atoms with Gasteiger partial charge < -0.3 is 99.2 Å². The highest BCUT2D eigenvalue weighted by Gasteiger charge is 2.70. The molecule has 23 unspecified atom stereocenters. The second-order valence-corrected chi connectivity index (χ2v) is 25.8. The third kappa shape index (κ3) is 9.27. The van der Waals surface area contributed by atoms with E-state index in [1.54, 1.807) is 0 Å². The maximum atomic E-state index is 15.1. The van der Waals surface area contributed by atoms with Crippen LogP contribution in [0.3, 0.4) is 0 Å². The van der Waals surface area contributed by atoms with Gasteiger partial charge in [0.1, 0.15) is 85.5 Å². The van der Waals surface area contributed by atoms with Gasteiger partial charge in [0.15, 0.2) is 18.9 Å². The van der Waals surface area contributed by atoms with Gasteiger partial charge in [-0.15, -0.1) is 0 Å². The first kappa shape index (κ1) is 57.1. The molecule has 27 atom stereocenters. The van der Waals surface area contributed by atoms with E-state index in [1.165, 1.54) is 12.5 Å². The monoisotopic (exact) mass is 1060 g/mol. The lowest BCUT2D eigenvalue weighted by Crippen LogP contribution is -2.66. The van der Waals surface area contributed by atoms with Gasteiger partial charge in [0, 0.05) is 0 Å². The summed E-state index contributed by atoms with van der Waals surface area (Å²) in [5.74, 6) is -0.203. The predicted molar refractivity (Wildman–Crippen MR) is 255 cm³/mol. The minimum atomic E-state index is -1.86. The summed E-state index contributed by atoms with van der Waals surface area (Å²) in [4.78, 5) is 15.1. The molecule has 0 bridgehead atoms. The number of rotatable bonds is 10. The molecule has 424 valence electrons. The molecule has 74 heavy (non-hydrogen) atoms. The Hall–Kier alpha value is -1.55. The molecule has 9 rings (SSSR count). The van der Waals surface area contributed by atoms with Crippen molar-refractivity contribution in [3.8, 4) is 0 Å². The summed E-state index contributed by atoms with van der Waals surface area (Å²) in [6.07, 6.45) is -19.6. The van der Waals surface area contributed by atoms with Gasteiger partial charge in [0.05, 0.1) is 37.4 Å². The van der Waals surface area contributed by atoms with Crippen molar-refractivity contribution in [3.05, 3.63) is 11.6 Å². The second-order valence-electron chi connectivity index (χ2n) is 25.8. The average molecular weight is 1060 g/mol. The lowest BCUT2D eigenvalue weighted by atomic mass is 9.33. The molecule has 0 aromatic carbocycles. The van der Waals surface area contributed by atoms with Crippen LogP contribution in [0.25, 0.3) is 0 Å². The topological polar surface area (TPSA) is 334 Å². The van der Waals surface area contributed by atoms with Crippen molar-refractivity contribution in [2.75, 3.05) is 19.8 Å². The van der Waals surface area contributed by atoms with Crippen LogP contribution in [0.1, 0.15) is 120 Å². The Morgan fingerprint density at radius 2 is 1.27 bits per heavy atom. The van der Waals surface area contributed by atoms with Gasteiger partial charge in [-0.3, -0.25) is 4.79 Å². The standard InChI is InChI=1S/C53H86O21/c1-23-32(56)35(59)39(63)45(69-23)73-42-27(20-54)70-43(41(65)37(42)61)68-22-28-34(58)36(60)40(64)46(71-28)74-47(66)53-17-15-48(2,3)19-25(53)24-9-10-30-50(6)13-12-31(72-44-38(62)33(57)26(55)21-67-44)49(4,5)29(50)11-14-52(30,8)51(24,7)16-18-53/h9,23,25-46,54-65H,10-22H2,1-8H3/t23?,25-,26?,27?,28?,29-,30-,31?,32?,33?,34?,35?,36?,37?,38?,39?,40?,41?,42?,43?,44?,45?,46?,50+,51?,52?,53?/m1/s1. The first-order valence-corrected chi connectivity index (χ1v) is 27.1. The predicted octanol–water partition coefficient (Wildman–Crippen LogP) is -0.369. The number of aliphatic hydroxyl groups is 12. The molecular formula is C53H86O21. The zero-order chi connectivity index (χ0) is 54.0. The Labute approximate surface area is 433 Å². The minimum absolute atomic E-state index is 0.0778. The molecule has 4 saturated carbocycles. The van der Waals surface area contributed by atoms with Gasteiger partial charge in [-0.05, 0) is 116 Å². The summed E-state index contributed by atoms with van der Waals surface area (Å²) in [7, 11) is 0. The Bertz CT molecular complexity index is 2040. The van der Waals surface area contributed by atoms with E-state index in [0.717, 1.165) is 44.9 Å². The van der Waals surface area contributed by atoms with E-state index in [4.69, 9.17) is 37.9 Å². The molecule has 0 aromatic rings. The van der Waals surface area contributed by atoms with E-state index in [1.807, 2.05) is 0 Å². The van der Waals surface area contributed by atoms with Gasteiger partial charge in [0.25, 0.3) is 0 Å². The number of fused-ring (bicyclic) bond motifs is 7. The second kappa shape index (κ2) is 20.5. The van der Waals surface area contributed by atoms with Crippen LogP contribution in [-0.2, 0) is 42.7 Å². The average Bonchev–Trinajstić information content (AvgIpc) is 3.34. The van der Waals surface area contributed by atoms with E-state index >= 15 is 4.79 Å². The maximum Gasteiger partial charge on any atom is 0.315 e. The van der Waals surface area contributed by atoms with Crippen molar-refractivity contribution in [3.63, 3.8) is 0 Å². The van der Waals surface area contributed by atoms with Crippen molar-refractivity contribution >= 4 is 5.97 Å². The molecule has 0 radical (unpaired) electrons. The molecule has 4 aliphatic heterocycles. The molecule has 21 heteroatoms. The van der Waals surface area contributed by atoms with Crippen molar-refractivity contribution in [1.29, 1.82) is 0 Å². The lowest BCUT2D eigenvalue weighted by Gasteiger charge is -2.71. The summed E-state index contributed by atoms with van der Waals surface area (Å²) < 4.78 is 47.1. The van der Waals surface area contributed by atoms with Gasteiger partial charge in [0.2, 0.25) is 6.29 Å². The van der Waals surface area contributed by atoms with E-state index in [-0.39, 0.29) is 51.6 Å². The van der Waals surface area contributed by atoms with Gasteiger partial charge in [-0.2, -0.15) is 0 Å². The molecule has 4 heterocycles. The van der Waals surface area contributed by atoms with Crippen LogP contribution < -0.4 is 0 Å². The minimum Gasteiger partial charge on any atom is -0.432 e. The lowest BCUT2D eigenvalue weighted by molar-refractivity contribution is -0.361. The van der Waals surface area contributed by atoms with Crippen LogP contribution in [0.5, 0.6) is 0 Å². The van der Waals surface area contributed by atoms with Gasteiger partial charge in [-0.25, -0.2) is 0 Å². The number of esters is 1. The van der Waals surface area contributed by atoms with Crippen LogP contribution in [0, 0.1) is 50.2 Å². The van der Waals surface area contributed by atoms with E-state index < -0.39 is 141 Å². The molecular weight excluding hydrogens is 973 g/mol. The molecule has 0 spiro atoms. The van der Waals surface area contributed by atoms with Crippen molar-refractivity contribution in [1.82, 2.24) is 0 Å². The zero-order valence-electron chi connectivity index (χ0n) is 44.1. The number of carbonyl (C=O) groups excluding carboxylic acids is 1. The highest BCUT2D eigenvalue weighted by molar-refractivity contribution is 5.79. The Morgan fingerprint density at radius 3 is 1.97 bits per heavy atom. The molecule has 4 saturated heterocycles. The van der Waals surface area contributed by atoms with Crippen LogP contribution in [-0.4, -0.2) is 210 Å². The molecule has 5 aliphatic carbocycles. The molecule has 21 nitrogen and oxygen atoms in total. The fourth-order valence-corrected chi connectivity index (χ4v) is 16.1. The third-order valence-corrected chi connectivity index (χ3v) is 21.0. The van der Waals surface area contributed by atoms with Crippen LogP contribution in [0.15, 0.2) is 11.6 Å². The maximum absolute atomic E-state index is 15.1. The highest BCUT2D eigenvalue weighted by atomic mass is 16.8. The molecule has 12 N–H and O–H groups in total. The molecule has 8 fully saturated rings. The number of allylic oxidation sites excluding steroid dienone is 2. The number of carbonyl (C=O) groups is 1. The van der Waals surface area contributed by atoms with Crippen molar-refractivity contribution < 1.29 is 104 Å². The van der Waals surface area contributed by atoms with Gasteiger partial charge >= 0.3 is 5.97 Å². The van der Waals surface area contributed by atoms with Crippen molar-refractivity contribution in [2.45, 2.75) is 242 Å². The third-order valence-electron chi connectivity index (χ3n) is 21.0. The molecule has 9 aliphatic rings. The van der Waals surface area contributed by atoms with Crippen LogP contribution in [0.2, 0.25) is 0 Å². The van der Waals surface area contributed by atoms with E-state index in [9.17, 15) is 61.3 Å². The van der Waals surface area contributed by atoms with E-state index in [2.05, 4.69) is 54.5 Å². The number of hydrogen-bond acceptors (Lipinski definition) is 21.